The van der Waals surface area contributed by atoms with Gasteiger partial charge in [-0.2, -0.15) is 0 Å². The highest BCUT2D eigenvalue weighted by molar-refractivity contribution is 5.78. The lowest BCUT2D eigenvalue weighted by Crippen LogP contribution is -2.41. The normalized spacial score (nSPS) is 38.1. The number of hydrogen-bond acceptors (Lipinski definition) is 4. The Hall–Kier alpha value is -2.16. The van der Waals surface area contributed by atoms with Gasteiger partial charge in [0.2, 0.25) is 0 Å². The van der Waals surface area contributed by atoms with E-state index in [9.17, 15) is 0 Å². The standard InChI is InChI=1S/C19H19N3O2/c1-5-19-8-6-13(19)14(15-16(19)24-18(3,4)23-15)22-9-7-12-11(2)20-10-21-17(12)22/h5,7,9-10,13-16H,1H2,2-4H3/t13-,14-,15+,16+,19-/m1/s1. The minimum Gasteiger partial charge on any atom is -0.343 e. The van der Waals surface area contributed by atoms with E-state index >= 15 is 0 Å². The zero-order chi connectivity index (χ0) is 16.7. The molecule has 5 rings (SSSR count). The fourth-order valence-electron chi connectivity index (χ4n) is 4.49. The topological polar surface area (TPSA) is 49.2 Å². The van der Waals surface area contributed by atoms with Gasteiger partial charge < -0.3 is 14.0 Å². The molecule has 5 nitrogen and oxygen atoms in total. The lowest BCUT2D eigenvalue weighted by Gasteiger charge is -2.37. The molecule has 24 heavy (non-hydrogen) atoms. The molecular weight excluding hydrogens is 302 g/mol. The molecule has 0 unspecified atom stereocenters. The van der Waals surface area contributed by atoms with E-state index in [2.05, 4.69) is 45.2 Å². The quantitative estimate of drug-likeness (QED) is 0.630. The molecule has 0 N–H and O–H groups in total. The Labute approximate surface area is 140 Å². The van der Waals surface area contributed by atoms with Gasteiger partial charge in [0.15, 0.2) is 5.79 Å². The van der Waals surface area contributed by atoms with Gasteiger partial charge >= 0.3 is 0 Å². The summed E-state index contributed by atoms with van der Waals surface area (Å²) < 4.78 is 14.7. The molecule has 0 bridgehead atoms. The largest absolute Gasteiger partial charge is 0.343 e. The van der Waals surface area contributed by atoms with Crippen LogP contribution in [0, 0.1) is 30.1 Å². The highest BCUT2D eigenvalue weighted by atomic mass is 16.8. The first-order valence-corrected chi connectivity index (χ1v) is 8.27. The van der Waals surface area contributed by atoms with E-state index in [1.807, 2.05) is 26.8 Å². The van der Waals surface area contributed by atoms with Crippen LogP contribution in [-0.2, 0) is 9.47 Å². The predicted molar refractivity (Wildman–Crippen MR) is 89.0 cm³/mol. The molecule has 2 aliphatic carbocycles. The lowest BCUT2D eigenvalue weighted by molar-refractivity contribution is -0.166. The highest BCUT2D eigenvalue weighted by Crippen LogP contribution is 2.60. The van der Waals surface area contributed by atoms with Gasteiger partial charge in [-0.25, -0.2) is 9.97 Å². The van der Waals surface area contributed by atoms with Crippen molar-refractivity contribution in [3.63, 3.8) is 0 Å². The van der Waals surface area contributed by atoms with Crippen LogP contribution in [0.15, 0.2) is 31.2 Å². The highest BCUT2D eigenvalue weighted by Gasteiger charge is 2.68. The van der Waals surface area contributed by atoms with Gasteiger partial charge in [-0.3, -0.25) is 0 Å². The van der Waals surface area contributed by atoms with E-state index in [0.29, 0.717) is 0 Å². The molecule has 0 aromatic carbocycles. The van der Waals surface area contributed by atoms with Crippen LogP contribution in [0.1, 0.15) is 25.6 Å². The Morgan fingerprint density at radius 3 is 2.88 bits per heavy atom. The summed E-state index contributed by atoms with van der Waals surface area (Å²) in [6.07, 6.45) is 5.45. The number of ether oxygens (including phenoxy) is 2. The second kappa shape index (κ2) is 4.27. The van der Waals surface area contributed by atoms with Gasteiger partial charge in [0, 0.05) is 11.6 Å². The fourth-order valence-corrected chi connectivity index (χ4v) is 4.49. The van der Waals surface area contributed by atoms with Gasteiger partial charge in [-0.05, 0) is 26.8 Å². The van der Waals surface area contributed by atoms with Crippen LogP contribution < -0.4 is 0 Å². The molecule has 3 aliphatic rings. The van der Waals surface area contributed by atoms with Crippen LogP contribution in [0.25, 0.3) is 11.0 Å². The van der Waals surface area contributed by atoms with Crippen LogP contribution in [0.5, 0.6) is 0 Å². The Morgan fingerprint density at radius 2 is 2.17 bits per heavy atom. The van der Waals surface area contributed by atoms with Gasteiger partial charge in [0.05, 0.1) is 23.1 Å². The summed E-state index contributed by atoms with van der Waals surface area (Å²) in [6, 6.07) is 2.13. The van der Waals surface area contributed by atoms with E-state index in [0.717, 1.165) is 16.7 Å². The molecule has 5 atom stereocenters. The molecule has 0 spiro atoms. The summed E-state index contributed by atoms with van der Waals surface area (Å²) in [5, 5.41) is 1.07. The molecule has 5 heteroatoms. The van der Waals surface area contributed by atoms with Crippen molar-refractivity contribution in [1.82, 2.24) is 14.5 Å². The Morgan fingerprint density at radius 1 is 1.33 bits per heavy atom. The monoisotopic (exact) mass is 321 g/mol. The van der Waals surface area contributed by atoms with Crippen molar-refractivity contribution in [2.24, 2.45) is 11.3 Å². The summed E-state index contributed by atoms with van der Waals surface area (Å²) >= 11 is 0. The molecule has 0 amide bonds. The van der Waals surface area contributed by atoms with Crippen LogP contribution >= 0.6 is 0 Å². The molecule has 2 fully saturated rings. The maximum absolute atomic E-state index is 6.28. The first-order valence-electron chi connectivity index (χ1n) is 8.27. The third kappa shape index (κ3) is 1.53. The summed E-state index contributed by atoms with van der Waals surface area (Å²) in [7, 11) is 0. The number of hydrogen-bond donors (Lipinski definition) is 0. The number of aromatic nitrogens is 3. The maximum Gasteiger partial charge on any atom is 0.163 e. The molecule has 1 saturated carbocycles. The fraction of sp³-hybridized carbons (Fsp3) is 0.474. The van der Waals surface area contributed by atoms with Crippen molar-refractivity contribution >= 4 is 11.0 Å². The molecule has 2 aromatic rings. The minimum atomic E-state index is -0.611. The van der Waals surface area contributed by atoms with Crippen molar-refractivity contribution in [1.29, 1.82) is 0 Å². The summed E-state index contributed by atoms with van der Waals surface area (Å²) in [4.78, 5) is 8.80. The number of nitrogens with zero attached hydrogens (tertiary/aromatic N) is 3. The zero-order valence-electron chi connectivity index (χ0n) is 14.0. The summed E-state index contributed by atoms with van der Waals surface area (Å²) in [5.41, 5.74) is 1.57. The Bertz CT molecular complexity index is 935. The average Bonchev–Trinajstić information content (AvgIpc) is 3.10. The zero-order valence-corrected chi connectivity index (χ0v) is 14.0. The van der Waals surface area contributed by atoms with Gasteiger partial charge in [0.25, 0.3) is 0 Å². The number of aryl methyl sites for hydroxylation is 1. The maximum atomic E-state index is 6.28. The SMILES string of the molecule is C=C[C@@]12C#C[C@@H]1[C@@H](n1ccc3c(C)ncnc31)[C@@H]1OC(C)(C)O[C@@H]12. The average molecular weight is 321 g/mol. The lowest BCUT2D eigenvalue weighted by atomic mass is 9.70. The van der Waals surface area contributed by atoms with Crippen molar-refractivity contribution in [3.05, 3.63) is 36.9 Å². The van der Waals surface area contributed by atoms with Crippen molar-refractivity contribution in [3.8, 4) is 11.8 Å². The molecule has 1 aliphatic heterocycles. The van der Waals surface area contributed by atoms with E-state index in [4.69, 9.17) is 9.47 Å². The summed E-state index contributed by atoms with van der Waals surface area (Å²) in [6.45, 7) is 9.96. The van der Waals surface area contributed by atoms with Crippen LogP contribution in [0.4, 0.5) is 0 Å². The summed E-state index contributed by atoms with van der Waals surface area (Å²) in [5.74, 6) is 6.16. The third-order valence-electron chi connectivity index (χ3n) is 5.60. The van der Waals surface area contributed by atoms with Gasteiger partial charge in [-0.15, -0.1) is 6.58 Å². The molecule has 3 heterocycles. The van der Waals surface area contributed by atoms with Gasteiger partial charge in [-0.1, -0.05) is 17.9 Å². The predicted octanol–water partition coefficient (Wildman–Crippen LogP) is 2.62. The molecule has 1 saturated heterocycles. The molecule has 2 aromatic heterocycles. The minimum absolute atomic E-state index is 0.0582. The van der Waals surface area contributed by atoms with Crippen molar-refractivity contribution in [2.75, 3.05) is 0 Å². The first-order chi connectivity index (χ1) is 11.5. The smallest absolute Gasteiger partial charge is 0.163 e. The molecule has 122 valence electrons. The van der Waals surface area contributed by atoms with E-state index in [1.165, 1.54) is 0 Å². The number of rotatable bonds is 2. The number of fused-ring (bicyclic) bond motifs is 4. The second-order valence-corrected chi connectivity index (χ2v) is 7.31. The third-order valence-corrected chi connectivity index (χ3v) is 5.60. The van der Waals surface area contributed by atoms with Crippen LogP contribution in [0.3, 0.4) is 0 Å². The van der Waals surface area contributed by atoms with Gasteiger partial charge in [0.1, 0.15) is 24.2 Å². The first kappa shape index (κ1) is 14.2. The van der Waals surface area contributed by atoms with E-state index < -0.39 is 5.79 Å². The van der Waals surface area contributed by atoms with Crippen LogP contribution in [-0.4, -0.2) is 32.5 Å². The van der Waals surface area contributed by atoms with Crippen LogP contribution in [0.2, 0.25) is 0 Å². The second-order valence-electron chi connectivity index (χ2n) is 7.31. The van der Waals surface area contributed by atoms with E-state index in [-0.39, 0.29) is 29.6 Å². The molecular formula is C19H19N3O2. The van der Waals surface area contributed by atoms with E-state index in [1.54, 1.807) is 6.33 Å². The molecule has 0 radical (unpaired) electrons. The van der Waals surface area contributed by atoms with Crippen molar-refractivity contribution < 1.29 is 9.47 Å². The Kier molecular flexibility index (Phi) is 2.53. The Balaban J connectivity index is 1.69. The van der Waals surface area contributed by atoms with Crippen molar-refractivity contribution in [2.45, 2.75) is 44.8 Å².